The molecule has 1 aromatic carbocycles. The first-order valence-corrected chi connectivity index (χ1v) is 9.57. The van der Waals surface area contributed by atoms with Crippen LogP contribution in [-0.4, -0.2) is 53.3 Å². The Morgan fingerprint density at radius 2 is 1.50 bits per heavy atom. The SMILES string of the molecule is c1ccc(Nc2nc(N3CCCC3)nc(N3CC4CCC(C3)O4)n2)cc1. The van der Waals surface area contributed by atoms with E-state index in [4.69, 9.17) is 19.7 Å². The van der Waals surface area contributed by atoms with Crippen molar-refractivity contribution in [1.29, 1.82) is 0 Å². The zero-order valence-corrected chi connectivity index (χ0v) is 14.8. The molecule has 4 heterocycles. The molecule has 3 aliphatic heterocycles. The molecule has 7 nitrogen and oxygen atoms in total. The van der Waals surface area contributed by atoms with Crippen LogP contribution >= 0.6 is 0 Å². The molecule has 3 fully saturated rings. The lowest BCUT2D eigenvalue weighted by atomic mass is 10.2. The number of benzene rings is 1. The van der Waals surface area contributed by atoms with Gasteiger partial charge in [0, 0.05) is 31.9 Å². The van der Waals surface area contributed by atoms with Crippen LogP contribution in [0.4, 0.5) is 23.5 Å². The smallest absolute Gasteiger partial charge is 0.233 e. The Balaban J connectivity index is 1.46. The molecular weight excluding hydrogens is 328 g/mol. The number of morpholine rings is 1. The molecule has 3 aliphatic rings. The first-order chi connectivity index (χ1) is 12.8. The third-order valence-corrected chi connectivity index (χ3v) is 5.36. The lowest BCUT2D eigenvalue weighted by Gasteiger charge is -2.32. The van der Waals surface area contributed by atoms with E-state index in [1.807, 2.05) is 30.3 Å². The van der Waals surface area contributed by atoms with Crippen LogP contribution in [0.15, 0.2) is 30.3 Å². The number of nitrogens with one attached hydrogen (secondary N) is 1. The summed E-state index contributed by atoms with van der Waals surface area (Å²) in [5.74, 6) is 2.16. The number of fused-ring (bicyclic) bond motifs is 2. The Morgan fingerprint density at radius 1 is 0.846 bits per heavy atom. The molecule has 0 saturated carbocycles. The van der Waals surface area contributed by atoms with Crippen LogP contribution in [-0.2, 0) is 4.74 Å². The van der Waals surface area contributed by atoms with E-state index in [-0.39, 0.29) is 0 Å². The molecule has 0 amide bonds. The van der Waals surface area contributed by atoms with Crippen molar-refractivity contribution in [2.24, 2.45) is 0 Å². The molecule has 0 aliphatic carbocycles. The molecule has 2 atom stereocenters. The first kappa shape index (κ1) is 15.8. The van der Waals surface area contributed by atoms with Crippen LogP contribution in [0.1, 0.15) is 25.7 Å². The number of hydrogen-bond donors (Lipinski definition) is 1. The number of ether oxygens (including phenoxy) is 1. The molecule has 3 saturated heterocycles. The van der Waals surface area contributed by atoms with Crippen LogP contribution < -0.4 is 15.1 Å². The maximum Gasteiger partial charge on any atom is 0.233 e. The van der Waals surface area contributed by atoms with E-state index in [0.717, 1.165) is 56.6 Å². The monoisotopic (exact) mass is 352 g/mol. The molecule has 0 spiro atoms. The van der Waals surface area contributed by atoms with Crippen molar-refractivity contribution in [2.75, 3.05) is 41.3 Å². The Kier molecular flexibility index (Phi) is 4.09. The highest BCUT2D eigenvalue weighted by molar-refractivity contribution is 5.56. The van der Waals surface area contributed by atoms with E-state index in [9.17, 15) is 0 Å². The van der Waals surface area contributed by atoms with Crippen molar-refractivity contribution in [2.45, 2.75) is 37.9 Å². The summed E-state index contributed by atoms with van der Waals surface area (Å²) in [6.45, 7) is 3.76. The number of rotatable bonds is 4. The number of para-hydroxylation sites is 1. The van der Waals surface area contributed by atoms with E-state index in [1.165, 1.54) is 12.8 Å². The fraction of sp³-hybridized carbons (Fsp3) is 0.526. The maximum atomic E-state index is 5.97. The van der Waals surface area contributed by atoms with Crippen LogP contribution in [0.25, 0.3) is 0 Å². The minimum Gasteiger partial charge on any atom is -0.371 e. The van der Waals surface area contributed by atoms with E-state index in [0.29, 0.717) is 18.2 Å². The van der Waals surface area contributed by atoms with Gasteiger partial charge in [-0.1, -0.05) is 18.2 Å². The van der Waals surface area contributed by atoms with Crippen LogP contribution in [0.3, 0.4) is 0 Å². The van der Waals surface area contributed by atoms with Gasteiger partial charge in [0.2, 0.25) is 17.8 Å². The molecular formula is C19H24N6O. The lowest BCUT2D eigenvalue weighted by Crippen LogP contribution is -2.43. The summed E-state index contributed by atoms with van der Waals surface area (Å²) in [6.07, 6.45) is 5.30. The Labute approximate surface area is 153 Å². The Bertz CT molecular complexity index is 752. The normalized spacial score (nSPS) is 24.9. The number of nitrogens with zero attached hydrogens (tertiary/aromatic N) is 5. The first-order valence-electron chi connectivity index (χ1n) is 9.57. The van der Waals surface area contributed by atoms with Gasteiger partial charge in [0.1, 0.15) is 0 Å². The van der Waals surface area contributed by atoms with Gasteiger partial charge >= 0.3 is 0 Å². The van der Waals surface area contributed by atoms with Crippen molar-refractivity contribution in [3.63, 3.8) is 0 Å². The highest BCUT2D eigenvalue weighted by Crippen LogP contribution is 2.30. The van der Waals surface area contributed by atoms with Crippen molar-refractivity contribution in [3.05, 3.63) is 30.3 Å². The van der Waals surface area contributed by atoms with E-state index < -0.39 is 0 Å². The molecule has 5 rings (SSSR count). The summed E-state index contributed by atoms with van der Waals surface area (Å²) in [7, 11) is 0. The summed E-state index contributed by atoms with van der Waals surface area (Å²) in [4.78, 5) is 18.8. The van der Waals surface area contributed by atoms with Crippen LogP contribution in [0.2, 0.25) is 0 Å². The maximum absolute atomic E-state index is 5.97. The van der Waals surface area contributed by atoms with Crippen LogP contribution in [0.5, 0.6) is 0 Å². The summed E-state index contributed by atoms with van der Waals surface area (Å²) < 4.78 is 5.97. The van der Waals surface area contributed by atoms with Crippen molar-refractivity contribution in [3.8, 4) is 0 Å². The van der Waals surface area contributed by atoms with Crippen molar-refractivity contribution in [1.82, 2.24) is 15.0 Å². The van der Waals surface area contributed by atoms with Crippen LogP contribution in [0, 0.1) is 0 Å². The molecule has 0 radical (unpaired) electrons. The number of aromatic nitrogens is 3. The van der Waals surface area contributed by atoms with E-state index in [1.54, 1.807) is 0 Å². The quantitative estimate of drug-likeness (QED) is 0.907. The molecule has 136 valence electrons. The highest BCUT2D eigenvalue weighted by atomic mass is 16.5. The lowest BCUT2D eigenvalue weighted by molar-refractivity contribution is 0.0299. The third kappa shape index (κ3) is 3.19. The minimum absolute atomic E-state index is 0.311. The summed E-state index contributed by atoms with van der Waals surface area (Å²) in [6, 6.07) is 10.1. The van der Waals surface area contributed by atoms with Gasteiger partial charge in [-0.25, -0.2) is 0 Å². The molecule has 2 unspecified atom stereocenters. The number of anilines is 4. The second-order valence-corrected chi connectivity index (χ2v) is 7.31. The minimum atomic E-state index is 0.311. The predicted octanol–water partition coefficient (Wildman–Crippen LogP) is 2.58. The van der Waals surface area contributed by atoms with Gasteiger partial charge in [0.15, 0.2) is 0 Å². The second kappa shape index (κ2) is 6.72. The molecule has 2 aromatic rings. The fourth-order valence-electron chi connectivity index (χ4n) is 4.04. The average Bonchev–Trinajstić information content (AvgIpc) is 3.32. The van der Waals surface area contributed by atoms with E-state index in [2.05, 4.69) is 15.1 Å². The van der Waals surface area contributed by atoms with Gasteiger partial charge in [-0.3, -0.25) is 0 Å². The number of hydrogen-bond acceptors (Lipinski definition) is 7. The van der Waals surface area contributed by atoms with Gasteiger partial charge in [0.25, 0.3) is 0 Å². The second-order valence-electron chi connectivity index (χ2n) is 7.31. The van der Waals surface area contributed by atoms with Crippen molar-refractivity contribution >= 4 is 23.5 Å². The van der Waals surface area contributed by atoms with Gasteiger partial charge in [-0.2, -0.15) is 15.0 Å². The predicted molar refractivity (Wildman–Crippen MR) is 101 cm³/mol. The molecule has 26 heavy (non-hydrogen) atoms. The van der Waals surface area contributed by atoms with Gasteiger partial charge in [-0.15, -0.1) is 0 Å². The summed E-state index contributed by atoms with van der Waals surface area (Å²) in [5, 5.41) is 3.34. The van der Waals surface area contributed by atoms with Gasteiger partial charge in [0.05, 0.1) is 12.2 Å². The zero-order chi connectivity index (χ0) is 17.3. The molecule has 7 heteroatoms. The molecule has 1 aromatic heterocycles. The van der Waals surface area contributed by atoms with Gasteiger partial charge < -0.3 is 19.9 Å². The summed E-state index contributed by atoms with van der Waals surface area (Å²) >= 11 is 0. The molecule has 1 N–H and O–H groups in total. The third-order valence-electron chi connectivity index (χ3n) is 5.36. The largest absolute Gasteiger partial charge is 0.371 e. The standard InChI is InChI=1S/C19H24N6O/c1-2-6-14(7-3-1)20-17-21-18(24-10-4-5-11-24)23-19(22-17)25-12-15-8-9-16(13-25)26-15/h1-3,6-7,15-16H,4-5,8-13H2,(H,20,21,22,23). The average molecular weight is 352 g/mol. The summed E-state index contributed by atoms with van der Waals surface area (Å²) in [5.41, 5.74) is 0.985. The Morgan fingerprint density at radius 3 is 2.19 bits per heavy atom. The van der Waals surface area contributed by atoms with Gasteiger partial charge in [-0.05, 0) is 37.8 Å². The Hall–Kier alpha value is -2.41. The zero-order valence-electron chi connectivity index (χ0n) is 14.8. The van der Waals surface area contributed by atoms with E-state index >= 15 is 0 Å². The highest BCUT2D eigenvalue weighted by Gasteiger charge is 2.35. The molecule has 2 bridgehead atoms. The fourth-order valence-corrected chi connectivity index (χ4v) is 4.04. The topological polar surface area (TPSA) is 66.4 Å². The van der Waals surface area contributed by atoms with Crippen molar-refractivity contribution < 1.29 is 4.74 Å².